The molecule has 0 aliphatic carbocycles. The van der Waals surface area contributed by atoms with E-state index in [2.05, 4.69) is 27.2 Å². The Morgan fingerprint density at radius 3 is 2.68 bits per heavy atom. The van der Waals surface area contributed by atoms with Crippen molar-refractivity contribution in [1.82, 2.24) is 29.9 Å². The molecule has 0 spiro atoms. The van der Waals surface area contributed by atoms with Crippen molar-refractivity contribution in [3.8, 4) is 0 Å². The molecular formula is C18H26N6O. The minimum atomic E-state index is 0.00105. The zero-order valence-electron chi connectivity index (χ0n) is 15.0. The molecule has 3 rings (SSSR count). The highest BCUT2D eigenvalue weighted by molar-refractivity contribution is 5.74. The van der Waals surface area contributed by atoms with E-state index in [4.69, 9.17) is 0 Å². The van der Waals surface area contributed by atoms with Gasteiger partial charge in [0.15, 0.2) is 0 Å². The van der Waals surface area contributed by atoms with Gasteiger partial charge in [0.25, 0.3) is 0 Å². The monoisotopic (exact) mass is 342 g/mol. The van der Waals surface area contributed by atoms with Crippen molar-refractivity contribution in [2.45, 2.75) is 33.5 Å². The largest absolute Gasteiger partial charge is 0.334 e. The van der Waals surface area contributed by atoms with E-state index in [1.54, 1.807) is 0 Å². The van der Waals surface area contributed by atoms with E-state index in [1.807, 2.05) is 47.1 Å². The first-order chi connectivity index (χ1) is 12.2. The number of pyridine rings is 1. The molecule has 7 heteroatoms. The summed E-state index contributed by atoms with van der Waals surface area (Å²) < 4.78 is 1.90. The first kappa shape index (κ1) is 17.4. The van der Waals surface area contributed by atoms with E-state index >= 15 is 0 Å². The van der Waals surface area contributed by atoms with Gasteiger partial charge in [0.1, 0.15) is 0 Å². The van der Waals surface area contributed by atoms with Crippen molar-refractivity contribution < 1.29 is 4.79 Å². The predicted molar refractivity (Wildman–Crippen MR) is 96.0 cm³/mol. The maximum atomic E-state index is 12.4. The summed E-state index contributed by atoms with van der Waals surface area (Å²) in [6.45, 7) is 9.46. The Hall–Kier alpha value is -2.41. The molecular weight excluding hydrogens is 316 g/mol. The summed E-state index contributed by atoms with van der Waals surface area (Å²) in [7, 11) is 0. The molecule has 0 bridgehead atoms. The van der Waals surface area contributed by atoms with Crippen LogP contribution in [0.2, 0.25) is 0 Å². The zero-order chi connectivity index (χ0) is 17.6. The third-order valence-corrected chi connectivity index (χ3v) is 4.57. The number of hydrogen-bond acceptors (Lipinski definition) is 4. The molecule has 1 aliphatic heterocycles. The quantitative estimate of drug-likeness (QED) is 0.897. The van der Waals surface area contributed by atoms with Crippen LogP contribution in [0.5, 0.6) is 0 Å². The third-order valence-electron chi connectivity index (χ3n) is 4.57. The van der Waals surface area contributed by atoms with Gasteiger partial charge in [0.05, 0.1) is 11.4 Å². The second kappa shape index (κ2) is 8.11. The lowest BCUT2D eigenvalue weighted by Crippen LogP contribution is -2.51. The van der Waals surface area contributed by atoms with Crippen LogP contribution in [0.25, 0.3) is 0 Å². The molecule has 25 heavy (non-hydrogen) atoms. The fourth-order valence-electron chi connectivity index (χ4n) is 3.01. The lowest BCUT2D eigenvalue weighted by molar-refractivity contribution is 0.134. The van der Waals surface area contributed by atoms with Gasteiger partial charge in [0.2, 0.25) is 0 Å². The van der Waals surface area contributed by atoms with E-state index in [0.717, 1.165) is 56.2 Å². The average Bonchev–Trinajstić information content (AvgIpc) is 3.01. The first-order valence-corrected chi connectivity index (χ1v) is 8.83. The minimum absolute atomic E-state index is 0.00105. The summed E-state index contributed by atoms with van der Waals surface area (Å²) in [4.78, 5) is 21.0. The number of amides is 2. The third kappa shape index (κ3) is 4.57. The van der Waals surface area contributed by atoms with Crippen LogP contribution in [-0.4, -0.2) is 56.8 Å². The number of urea groups is 1. The second-order valence-corrected chi connectivity index (χ2v) is 6.34. The van der Waals surface area contributed by atoms with Gasteiger partial charge in [-0.3, -0.25) is 14.6 Å². The molecule has 1 saturated heterocycles. The maximum absolute atomic E-state index is 12.4. The molecule has 1 fully saturated rings. The lowest BCUT2D eigenvalue weighted by atomic mass is 10.2. The van der Waals surface area contributed by atoms with Crippen LogP contribution in [0.15, 0.2) is 30.6 Å². The topological polar surface area (TPSA) is 66.3 Å². The van der Waals surface area contributed by atoms with Gasteiger partial charge in [-0.2, -0.15) is 5.10 Å². The average molecular weight is 342 g/mol. The molecule has 0 saturated carbocycles. The molecule has 1 N–H and O–H groups in total. The van der Waals surface area contributed by atoms with Crippen LogP contribution >= 0.6 is 0 Å². The van der Waals surface area contributed by atoms with Crippen molar-refractivity contribution in [3.05, 3.63) is 47.5 Å². The van der Waals surface area contributed by atoms with E-state index in [1.165, 1.54) is 0 Å². The van der Waals surface area contributed by atoms with E-state index in [9.17, 15) is 4.79 Å². The highest BCUT2D eigenvalue weighted by atomic mass is 16.2. The smallest absolute Gasteiger partial charge is 0.317 e. The summed E-state index contributed by atoms with van der Waals surface area (Å²) in [6, 6.07) is 5.98. The number of nitrogens with zero attached hydrogens (tertiary/aromatic N) is 5. The van der Waals surface area contributed by atoms with Crippen molar-refractivity contribution in [2.24, 2.45) is 0 Å². The van der Waals surface area contributed by atoms with Crippen molar-refractivity contribution in [3.63, 3.8) is 0 Å². The Balaban J connectivity index is 1.44. The van der Waals surface area contributed by atoms with Crippen molar-refractivity contribution in [1.29, 1.82) is 0 Å². The fourth-order valence-corrected chi connectivity index (χ4v) is 3.01. The van der Waals surface area contributed by atoms with E-state index < -0.39 is 0 Å². The van der Waals surface area contributed by atoms with Gasteiger partial charge in [-0.1, -0.05) is 6.07 Å². The molecule has 1 aliphatic rings. The predicted octanol–water partition coefficient (Wildman–Crippen LogP) is 1.63. The van der Waals surface area contributed by atoms with Crippen molar-refractivity contribution >= 4 is 6.03 Å². The number of hydrogen-bond donors (Lipinski definition) is 1. The van der Waals surface area contributed by atoms with Crippen LogP contribution in [0.1, 0.15) is 23.9 Å². The molecule has 3 heterocycles. The summed E-state index contributed by atoms with van der Waals surface area (Å²) in [5, 5.41) is 7.42. The van der Waals surface area contributed by atoms with Gasteiger partial charge < -0.3 is 10.2 Å². The maximum Gasteiger partial charge on any atom is 0.317 e. The molecule has 0 unspecified atom stereocenters. The Morgan fingerprint density at radius 2 is 2.04 bits per heavy atom. The van der Waals surface area contributed by atoms with Gasteiger partial charge in [-0.05, 0) is 26.0 Å². The molecule has 134 valence electrons. The number of carbonyl (C=O) groups excluding carboxylic acids is 1. The standard InChI is InChI=1S/C18H26N6O/c1-3-24-13-16(15(2)21-24)12-20-18(25)23-10-8-22(9-11-23)14-17-6-4-5-7-19-17/h4-7,13H,3,8-12,14H2,1-2H3,(H,20,25). The zero-order valence-corrected chi connectivity index (χ0v) is 15.0. The molecule has 7 nitrogen and oxygen atoms in total. The Morgan fingerprint density at radius 1 is 1.24 bits per heavy atom. The first-order valence-electron chi connectivity index (χ1n) is 8.83. The summed E-state index contributed by atoms with van der Waals surface area (Å²) in [6.07, 6.45) is 3.82. The van der Waals surface area contributed by atoms with Crippen LogP contribution in [-0.2, 0) is 19.6 Å². The number of piperazine rings is 1. The number of carbonyl (C=O) groups is 1. The number of aryl methyl sites for hydroxylation is 2. The lowest BCUT2D eigenvalue weighted by Gasteiger charge is -2.34. The number of aromatic nitrogens is 3. The fraction of sp³-hybridized carbons (Fsp3) is 0.500. The Kier molecular flexibility index (Phi) is 5.65. The Labute approximate surface area is 148 Å². The van der Waals surface area contributed by atoms with E-state index in [0.29, 0.717) is 6.54 Å². The summed E-state index contributed by atoms with van der Waals surface area (Å²) >= 11 is 0. The molecule has 2 aromatic rings. The molecule has 2 aromatic heterocycles. The Bertz CT molecular complexity index is 691. The van der Waals surface area contributed by atoms with E-state index in [-0.39, 0.29) is 6.03 Å². The second-order valence-electron chi connectivity index (χ2n) is 6.34. The highest BCUT2D eigenvalue weighted by Crippen LogP contribution is 2.08. The molecule has 0 aromatic carbocycles. The van der Waals surface area contributed by atoms with Gasteiger partial charge in [-0.25, -0.2) is 4.79 Å². The minimum Gasteiger partial charge on any atom is -0.334 e. The summed E-state index contributed by atoms with van der Waals surface area (Å²) in [5.74, 6) is 0. The van der Waals surface area contributed by atoms with Gasteiger partial charge >= 0.3 is 6.03 Å². The number of rotatable bonds is 5. The number of nitrogens with one attached hydrogen (secondary N) is 1. The molecule has 2 amide bonds. The van der Waals surface area contributed by atoms with Crippen molar-refractivity contribution in [2.75, 3.05) is 26.2 Å². The molecule has 0 radical (unpaired) electrons. The van der Waals surface area contributed by atoms with Crippen LogP contribution in [0, 0.1) is 6.92 Å². The van der Waals surface area contributed by atoms with Crippen LogP contribution in [0.4, 0.5) is 4.79 Å². The van der Waals surface area contributed by atoms with Crippen LogP contribution < -0.4 is 5.32 Å². The van der Waals surface area contributed by atoms with Crippen LogP contribution in [0.3, 0.4) is 0 Å². The van der Waals surface area contributed by atoms with Gasteiger partial charge in [0, 0.05) is 63.8 Å². The highest BCUT2D eigenvalue weighted by Gasteiger charge is 2.21. The van der Waals surface area contributed by atoms with Gasteiger partial charge in [-0.15, -0.1) is 0 Å². The normalized spacial score (nSPS) is 15.4. The summed E-state index contributed by atoms with van der Waals surface area (Å²) in [5.41, 5.74) is 3.12. The SMILES string of the molecule is CCn1cc(CNC(=O)N2CCN(Cc3ccccn3)CC2)c(C)n1. The molecule has 0 atom stereocenters.